The quantitative estimate of drug-likeness (QED) is 0.764. The van der Waals surface area contributed by atoms with Crippen molar-refractivity contribution < 1.29 is 0 Å². The van der Waals surface area contributed by atoms with Crippen LogP contribution in [-0.4, -0.2) is 9.55 Å². The molecule has 20 heavy (non-hydrogen) atoms. The zero-order valence-corrected chi connectivity index (χ0v) is 13.1. The average Bonchev–Trinajstić information content (AvgIpc) is 2.73. The predicted octanol–water partition coefficient (Wildman–Crippen LogP) is 4.24. The van der Waals surface area contributed by atoms with E-state index in [1.165, 1.54) is 11.1 Å². The van der Waals surface area contributed by atoms with Crippen molar-refractivity contribution in [3.63, 3.8) is 0 Å². The second-order valence-corrected chi connectivity index (χ2v) is 5.84. The van der Waals surface area contributed by atoms with Crippen LogP contribution in [0.2, 0.25) is 0 Å². The first-order valence-electron chi connectivity index (χ1n) is 6.63. The third-order valence-electron chi connectivity index (χ3n) is 3.50. The number of fused-ring (bicyclic) bond motifs is 1. The van der Waals surface area contributed by atoms with Gasteiger partial charge < -0.3 is 5.73 Å². The summed E-state index contributed by atoms with van der Waals surface area (Å²) in [7, 11) is 0. The molecule has 0 aliphatic carbocycles. The summed E-state index contributed by atoms with van der Waals surface area (Å²) < 4.78 is 3.11. The van der Waals surface area contributed by atoms with E-state index in [0.717, 1.165) is 27.6 Å². The monoisotopic (exact) mass is 329 g/mol. The molecule has 2 aromatic carbocycles. The Hall–Kier alpha value is -1.81. The van der Waals surface area contributed by atoms with Gasteiger partial charge in [-0.2, -0.15) is 0 Å². The van der Waals surface area contributed by atoms with E-state index in [0.29, 0.717) is 5.95 Å². The highest BCUT2D eigenvalue weighted by molar-refractivity contribution is 9.10. The van der Waals surface area contributed by atoms with Crippen LogP contribution in [-0.2, 0) is 6.42 Å². The van der Waals surface area contributed by atoms with Crippen LogP contribution < -0.4 is 5.73 Å². The summed E-state index contributed by atoms with van der Waals surface area (Å²) in [6, 6.07) is 12.5. The van der Waals surface area contributed by atoms with Crippen LogP contribution in [0.15, 0.2) is 40.9 Å². The number of nitrogens with two attached hydrogens (primary N) is 1. The normalized spacial score (nSPS) is 11.2. The maximum absolute atomic E-state index is 6.14. The molecule has 1 heterocycles. The summed E-state index contributed by atoms with van der Waals surface area (Å²) >= 11 is 3.52. The summed E-state index contributed by atoms with van der Waals surface area (Å²) in [6.07, 6.45) is 0.944. The number of nitrogen functional groups attached to an aromatic ring is 1. The molecule has 3 rings (SSSR count). The number of nitrogens with zero attached hydrogens (tertiary/aromatic N) is 2. The summed E-state index contributed by atoms with van der Waals surface area (Å²) in [5, 5.41) is 0. The fourth-order valence-corrected chi connectivity index (χ4v) is 2.93. The van der Waals surface area contributed by atoms with E-state index in [4.69, 9.17) is 5.73 Å². The van der Waals surface area contributed by atoms with Gasteiger partial charge in [0.2, 0.25) is 5.95 Å². The van der Waals surface area contributed by atoms with Crippen molar-refractivity contribution in [1.82, 2.24) is 9.55 Å². The van der Waals surface area contributed by atoms with Crippen LogP contribution in [0.25, 0.3) is 16.7 Å². The molecule has 1 aromatic heterocycles. The Morgan fingerprint density at radius 2 is 2.00 bits per heavy atom. The lowest BCUT2D eigenvalue weighted by molar-refractivity contribution is 1.04. The highest BCUT2D eigenvalue weighted by Gasteiger charge is 2.12. The Kier molecular flexibility index (Phi) is 3.26. The zero-order chi connectivity index (χ0) is 14.3. The number of rotatable bonds is 2. The molecule has 0 aliphatic rings. The van der Waals surface area contributed by atoms with Gasteiger partial charge in [-0.05, 0) is 54.8 Å². The summed E-state index contributed by atoms with van der Waals surface area (Å²) in [6.45, 7) is 4.20. The Bertz CT molecular complexity index is 790. The van der Waals surface area contributed by atoms with Gasteiger partial charge in [-0.1, -0.05) is 28.9 Å². The van der Waals surface area contributed by atoms with Crippen LogP contribution in [0.1, 0.15) is 18.1 Å². The molecule has 102 valence electrons. The summed E-state index contributed by atoms with van der Waals surface area (Å²) in [5.41, 5.74) is 11.6. The fraction of sp³-hybridized carbons (Fsp3) is 0.188. The second kappa shape index (κ2) is 4.94. The highest BCUT2D eigenvalue weighted by Crippen LogP contribution is 2.28. The molecule has 0 amide bonds. The molecule has 3 nitrogen and oxygen atoms in total. The van der Waals surface area contributed by atoms with Crippen molar-refractivity contribution in [2.24, 2.45) is 0 Å². The van der Waals surface area contributed by atoms with E-state index >= 15 is 0 Å². The van der Waals surface area contributed by atoms with Crippen molar-refractivity contribution in [2.45, 2.75) is 20.3 Å². The molecule has 0 fully saturated rings. The smallest absolute Gasteiger partial charge is 0.205 e. The summed E-state index contributed by atoms with van der Waals surface area (Å²) in [4.78, 5) is 4.48. The van der Waals surface area contributed by atoms with Crippen LogP contribution in [0, 0.1) is 6.92 Å². The molecule has 0 radical (unpaired) electrons. The molecule has 0 aliphatic heterocycles. The second-order valence-electron chi connectivity index (χ2n) is 4.92. The molecule has 0 spiro atoms. The molecule has 3 aromatic rings. The topological polar surface area (TPSA) is 43.8 Å². The predicted molar refractivity (Wildman–Crippen MR) is 87.3 cm³/mol. The number of halogens is 1. The van der Waals surface area contributed by atoms with Crippen LogP contribution in [0.4, 0.5) is 5.95 Å². The number of hydrogen-bond acceptors (Lipinski definition) is 2. The van der Waals surface area contributed by atoms with Gasteiger partial charge in [0.05, 0.1) is 16.7 Å². The highest BCUT2D eigenvalue weighted by atomic mass is 79.9. The fourth-order valence-electron chi connectivity index (χ4n) is 2.52. The van der Waals surface area contributed by atoms with Crippen LogP contribution in [0.3, 0.4) is 0 Å². The third kappa shape index (κ3) is 2.10. The molecule has 0 bridgehead atoms. The minimum atomic E-state index is 0.530. The Morgan fingerprint density at radius 1 is 1.20 bits per heavy atom. The zero-order valence-electron chi connectivity index (χ0n) is 11.5. The molecule has 2 N–H and O–H groups in total. The maximum Gasteiger partial charge on any atom is 0.205 e. The van der Waals surface area contributed by atoms with Gasteiger partial charge in [0.25, 0.3) is 0 Å². The van der Waals surface area contributed by atoms with E-state index in [1.54, 1.807) is 0 Å². The van der Waals surface area contributed by atoms with Gasteiger partial charge in [0, 0.05) is 4.47 Å². The van der Waals surface area contributed by atoms with E-state index in [9.17, 15) is 0 Å². The number of imidazole rings is 1. The minimum Gasteiger partial charge on any atom is -0.369 e. The Labute approximate surface area is 126 Å². The van der Waals surface area contributed by atoms with Gasteiger partial charge in [-0.3, -0.25) is 4.57 Å². The number of hydrogen-bond donors (Lipinski definition) is 1. The largest absolute Gasteiger partial charge is 0.369 e. The lowest BCUT2D eigenvalue weighted by atomic mass is 10.1. The third-order valence-corrected chi connectivity index (χ3v) is 3.99. The van der Waals surface area contributed by atoms with Crippen molar-refractivity contribution in [3.05, 3.63) is 52.0 Å². The minimum absolute atomic E-state index is 0.530. The number of aromatic nitrogens is 2. The average molecular weight is 330 g/mol. The lowest BCUT2D eigenvalue weighted by Gasteiger charge is -2.12. The number of aryl methyl sites for hydroxylation is 2. The molecule has 0 atom stereocenters. The first-order valence-corrected chi connectivity index (χ1v) is 7.43. The Morgan fingerprint density at radius 3 is 2.75 bits per heavy atom. The first kappa shape index (κ1) is 13.2. The van der Waals surface area contributed by atoms with Gasteiger partial charge in [-0.15, -0.1) is 0 Å². The molecular formula is C16H16BrN3. The molecular weight excluding hydrogens is 314 g/mol. The van der Waals surface area contributed by atoms with Crippen molar-refractivity contribution in [3.8, 4) is 5.69 Å². The standard InChI is InChI=1S/C16H16BrN3/c1-3-11-9-12(17)5-7-14(11)20-15-6-4-10(2)8-13(15)19-16(20)18/h4-9H,3H2,1-2H3,(H2,18,19). The van der Waals surface area contributed by atoms with E-state index < -0.39 is 0 Å². The van der Waals surface area contributed by atoms with Crippen molar-refractivity contribution in [1.29, 1.82) is 0 Å². The van der Waals surface area contributed by atoms with Crippen molar-refractivity contribution in [2.75, 3.05) is 5.73 Å². The van der Waals surface area contributed by atoms with E-state index in [2.05, 4.69) is 65.1 Å². The Balaban J connectivity index is 2.32. The number of anilines is 1. The molecule has 0 unspecified atom stereocenters. The van der Waals surface area contributed by atoms with Gasteiger partial charge in [0.1, 0.15) is 0 Å². The SMILES string of the molecule is CCc1cc(Br)ccc1-n1c(N)nc2cc(C)ccc21. The van der Waals surface area contributed by atoms with Crippen LogP contribution in [0.5, 0.6) is 0 Å². The van der Waals surface area contributed by atoms with Gasteiger partial charge >= 0.3 is 0 Å². The first-order chi connectivity index (χ1) is 9.60. The summed E-state index contributed by atoms with van der Waals surface area (Å²) in [5.74, 6) is 0.530. The molecule has 0 saturated carbocycles. The van der Waals surface area contributed by atoms with Crippen LogP contribution >= 0.6 is 15.9 Å². The van der Waals surface area contributed by atoms with E-state index in [-0.39, 0.29) is 0 Å². The van der Waals surface area contributed by atoms with E-state index in [1.807, 2.05) is 10.6 Å². The molecule has 0 saturated heterocycles. The molecule has 4 heteroatoms. The van der Waals surface area contributed by atoms with Gasteiger partial charge in [0.15, 0.2) is 0 Å². The maximum atomic E-state index is 6.14. The van der Waals surface area contributed by atoms with Crippen molar-refractivity contribution >= 4 is 32.9 Å². The van der Waals surface area contributed by atoms with Gasteiger partial charge in [-0.25, -0.2) is 4.98 Å². The number of benzene rings is 2. The lowest BCUT2D eigenvalue weighted by Crippen LogP contribution is -2.03.